The smallest absolute Gasteiger partial charge is 0.189 e. The molecule has 0 aliphatic heterocycles. The number of hydrogen-bond acceptors (Lipinski definition) is 1. The van der Waals surface area contributed by atoms with Crippen molar-refractivity contribution in [2.75, 3.05) is 0 Å². The first-order valence-electron chi connectivity index (χ1n) is 8.49. The summed E-state index contributed by atoms with van der Waals surface area (Å²) in [6.07, 6.45) is 9.17. The van der Waals surface area contributed by atoms with E-state index in [0.717, 1.165) is 28.7 Å². The second-order valence-corrected chi connectivity index (χ2v) is 6.20. The summed E-state index contributed by atoms with van der Waals surface area (Å²) in [5.41, 5.74) is 3.97. The monoisotopic (exact) mass is 298 g/mol. The molecule has 0 saturated carbocycles. The highest BCUT2D eigenvalue weighted by molar-refractivity contribution is 6.10. The zero-order chi connectivity index (χ0) is 16.5. The summed E-state index contributed by atoms with van der Waals surface area (Å²) < 4.78 is 0. The van der Waals surface area contributed by atoms with Crippen molar-refractivity contribution in [1.82, 2.24) is 0 Å². The average molecular weight is 298 g/mol. The largest absolute Gasteiger partial charge is 0.289 e. The summed E-state index contributed by atoms with van der Waals surface area (Å²) >= 11 is 0. The highest BCUT2D eigenvalue weighted by Gasteiger charge is 2.19. The number of carbonyl (C=O) groups is 1. The Kier molecular flexibility index (Phi) is 7.87. The van der Waals surface area contributed by atoms with Gasteiger partial charge < -0.3 is 0 Å². The van der Waals surface area contributed by atoms with Gasteiger partial charge in [-0.2, -0.15) is 0 Å². The van der Waals surface area contributed by atoms with Crippen LogP contribution in [0.1, 0.15) is 69.3 Å². The minimum Gasteiger partial charge on any atom is -0.289 e. The van der Waals surface area contributed by atoms with E-state index >= 15 is 0 Å². The molecule has 120 valence electrons. The normalized spacial score (nSPS) is 17.0. The number of ketones is 1. The number of benzene rings is 1. The van der Waals surface area contributed by atoms with Gasteiger partial charge in [0.05, 0.1) is 0 Å². The van der Waals surface area contributed by atoms with Crippen LogP contribution in [-0.4, -0.2) is 5.78 Å². The molecule has 1 nitrogen and oxygen atoms in total. The molecule has 0 fully saturated rings. The van der Waals surface area contributed by atoms with E-state index in [0.29, 0.717) is 5.92 Å². The Morgan fingerprint density at radius 1 is 1.14 bits per heavy atom. The third-order valence-corrected chi connectivity index (χ3v) is 4.05. The summed E-state index contributed by atoms with van der Waals surface area (Å²) in [7, 11) is 0. The molecule has 1 atom stereocenters. The van der Waals surface area contributed by atoms with Crippen LogP contribution >= 0.6 is 0 Å². The van der Waals surface area contributed by atoms with Crippen molar-refractivity contribution >= 4 is 5.78 Å². The fourth-order valence-corrected chi connectivity index (χ4v) is 2.58. The lowest BCUT2D eigenvalue weighted by atomic mass is 9.86. The second kappa shape index (κ2) is 9.40. The lowest BCUT2D eigenvalue weighted by Gasteiger charge is -2.17. The number of rotatable bonds is 4. The van der Waals surface area contributed by atoms with Gasteiger partial charge in [-0.05, 0) is 37.3 Å². The van der Waals surface area contributed by atoms with E-state index in [1.807, 2.05) is 38.1 Å². The quantitative estimate of drug-likeness (QED) is 0.597. The van der Waals surface area contributed by atoms with Crippen molar-refractivity contribution in [1.29, 1.82) is 0 Å². The van der Waals surface area contributed by atoms with Crippen molar-refractivity contribution in [3.63, 3.8) is 0 Å². The third kappa shape index (κ3) is 5.29. The molecule has 0 N–H and O–H groups in total. The highest BCUT2D eigenvalue weighted by atomic mass is 16.1. The van der Waals surface area contributed by atoms with Gasteiger partial charge in [0.2, 0.25) is 0 Å². The number of hydrogen-bond donors (Lipinski definition) is 0. The van der Waals surface area contributed by atoms with Gasteiger partial charge in [-0.1, -0.05) is 76.5 Å². The maximum Gasteiger partial charge on any atom is 0.189 e. The Balaban J connectivity index is 0.000000422. The van der Waals surface area contributed by atoms with Gasteiger partial charge in [0.1, 0.15) is 0 Å². The molecule has 1 aromatic rings. The molecule has 1 aliphatic rings. The minimum atomic E-state index is 0.191. The van der Waals surface area contributed by atoms with Crippen LogP contribution in [-0.2, 0) is 0 Å². The molecule has 22 heavy (non-hydrogen) atoms. The van der Waals surface area contributed by atoms with Crippen LogP contribution < -0.4 is 0 Å². The molecule has 0 saturated heterocycles. The molecule has 2 rings (SSSR count). The molecule has 0 spiro atoms. The molecule has 0 bridgehead atoms. The van der Waals surface area contributed by atoms with E-state index in [4.69, 9.17) is 0 Å². The van der Waals surface area contributed by atoms with Crippen molar-refractivity contribution in [2.24, 2.45) is 5.92 Å². The van der Waals surface area contributed by atoms with Gasteiger partial charge in [0, 0.05) is 11.1 Å². The van der Waals surface area contributed by atoms with Gasteiger partial charge in [0.15, 0.2) is 5.78 Å². The van der Waals surface area contributed by atoms with Crippen LogP contribution in [0.5, 0.6) is 0 Å². The van der Waals surface area contributed by atoms with Gasteiger partial charge in [-0.15, -0.1) is 0 Å². The standard InChI is InChI=1S/C16H18O.C5H12/c1-11-8-9-13(3)15(10-11)16(17)14-7-5-4-6-12(14)2;1-3-5-4-2/h4-9,11H,10H2,1-3H3;3-5H2,1-2H3. The summed E-state index contributed by atoms with van der Waals surface area (Å²) in [5.74, 6) is 0.651. The Hall–Kier alpha value is -1.63. The topological polar surface area (TPSA) is 17.1 Å². The lowest BCUT2D eigenvalue weighted by molar-refractivity contribution is 0.102. The molecule has 1 heteroatoms. The average Bonchev–Trinajstić information content (AvgIpc) is 2.51. The van der Waals surface area contributed by atoms with Crippen molar-refractivity contribution in [3.05, 3.63) is 58.7 Å². The number of allylic oxidation sites excluding steroid dienone is 4. The van der Waals surface area contributed by atoms with Crippen LogP contribution in [0.2, 0.25) is 0 Å². The number of carbonyl (C=O) groups excluding carboxylic acids is 1. The van der Waals surface area contributed by atoms with Crippen molar-refractivity contribution in [2.45, 2.75) is 60.3 Å². The molecular weight excluding hydrogens is 268 g/mol. The van der Waals surface area contributed by atoms with E-state index in [2.05, 4.69) is 32.9 Å². The van der Waals surface area contributed by atoms with Crippen LogP contribution in [0.3, 0.4) is 0 Å². The third-order valence-electron chi connectivity index (χ3n) is 4.05. The maximum atomic E-state index is 12.5. The number of aryl methyl sites for hydroxylation is 1. The predicted molar refractivity (Wildman–Crippen MR) is 96.3 cm³/mol. The molecule has 0 heterocycles. The van der Waals surface area contributed by atoms with Gasteiger partial charge >= 0.3 is 0 Å². The molecule has 1 aromatic carbocycles. The second-order valence-electron chi connectivity index (χ2n) is 6.20. The predicted octanol–water partition coefficient (Wildman–Crippen LogP) is 6.29. The van der Waals surface area contributed by atoms with E-state index in [9.17, 15) is 4.79 Å². The van der Waals surface area contributed by atoms with Crippen LogP contribution in [0, 0.1) is 12.8 Å². The Labute approximate surface area is 136 Å². The first kappa shape index (κ1) is 18.4. The van der Waals surface area contributed by atoms with Gasteiger partial charge in [-0.25, -0.2) is 0 Å². The Bertz CT molecular complexity index is 547. The first-order valence-corrected chi connectivity index (χ1v) is 8.49. The summed E-state index contributed by atoms with van der Waals surface area (Å²) in [5, 5.41) is 0. The molecule has 0 radical (unpaired) electrons. The highest BCUT2D eigenvalue weighted by Crippen LogP contribution is 2.27. The lowest BCUT2D eigenvalue weighted by Crippen LogP contribution is -2.12. The Morgan fingerprint density at radius 3 is 2.32 bits per heavy atom. The maximum absolute atomic E-state index is 12.5. The van der Waals surface area contributed by atoms with E-state index < -0.39 is 0 Å². The number of unbranched alkanes of at least 4 members (excludes halogenated alkanes) is 2. The van der Waals surface area contributed by atoms with Crippen LogP contribution in [0.15, 0.2) is 47.6 Å². The van der Waals surface area contributed by atoms with E-state index in [1.54, 1.807) is 0 Å². The van der Waals surface area contributed by atoms with Crippen LogP contribution in [0.25, 0.3) is 0 Å². The summed E-state index contributed by atoms with van der Waals surface area (Å²) in [6.45, 7) is 10.6. The first-order chi connectivity index (χ1) is 10.5. The van der Waals surface area contributed by atoms with Gasteiger partial charge in [0.25, 0.3) is 0 Å². The molecule has 1 unspecified atom stereocenters. The summed E-state index contributed by atoms with van der Waals surface area (Å²) in [6, 6.07) is 7.81. The summed E-state index contributed by atoms with van der Waals surface area (Å²) in [4.78, 5) is 12.5. The zero-order valence-electron chi connectivity index (χ0n) is 14.8. The van der Waals surface area contributed by atoms with Crippen molar-refractivity contribution in [3.8, 4) is 0 Å². The fourth-order valence-electron chi connectivity index (χ4n) is 2.58. The van der Waals surface area contributed by atoms with Crippen molar-refractivity contribution < 1.29 is 4.79 Å². The van der Waals surface area contributed by atoms with Crippen LogP contribution in [0.4, 0.5) is 0 Å². The number of Topliss-reactive ketones (excluding diaryl/α,β-unsaturated/α-hetero) is 1. The molecular formula is C21H30O. The molecule has 1 aliphatic carbocycles. The SMILES string of the molecule is CC1=C(C(=O)c2ccccc2C)CC(C)C=C1.CCCCC. The Morgan fingerprint density at radius 2 is 1.77 bits per heavy atom. The van der Waals surface area contributed by atoms with E-state index in [1.165, 1.54) is 19.3 Å². The van der Waals surface area contributed by atoms with E-state index in [-0.39, 0.29) is 5.78 Å². The minimum absolute atomic E-state index is 0.191. The van der Waals surface area contributed by atoms with Gasteiger partial charge in [-0.3, -0.25) is 4.79 Å². The molecule has 0 amide bonds. The molecule has 0 aromatic heterocycles. The zero-order valence-corrected chi connectivity index (χ0v) is 14.8. The fraction of sp³-hybridized carbons (Fsp3) is 0.476.